The lowest BCUT2D eigenvalue weighted by Gasteiger charge is -2.25. The number of benzene rings is 1. The molecule has 5 nitrogen and oxygen atoms in total. The zero-order chi connectivity index (χ0) is 15.8. The van der Waals surface area contributed by atoms with Crippen molar-refractivity contribution in [3.8, 4) is 0 Å². The molecule has 0 saturated heterocycles. The van der Waals surface area contributed by atoms with Gasteiger partial charge in [-0.3, -0.25) is 5.10 Å². The second kappa shape index (κ2) is 5.96. The van der Waals surface area contributed by atoms with Crippen LogP contribution in [0.5, 0.6) is 0 Å². The van der Waals surface area contributed by atoms with Gasteiger partial charge in [-0.05, 0) is 31.5 Å². The smallest absolute Gasteiger partial charge is 0.246 e. The molecule has 2 rings (SSSR count). The molecule has 1 heterocycles. The topological polar surface area (TPSA) is 66.1 Å². The molecule has 0 radical (unpaired) electrons. The molecule has 114 valence electrons. The van der Waals surface area contributed by atoms with Gasteiger partial charge in [0.05, 0.1) is 11.9 Å². The molecule has 0 bridgehead atoms. The minimum Gasteiger partial charge on any atom is -0.281 e. The highest BCUT2D eigenvalue weighted by molar-refractivity contribution is 7.89. The first kappa shape index (κ1) is 16.3. The van der Waals surface area contributed by atoms with Gasteiger partial charge < -0.3 is 0 Å². The first-order valence-corrected chi connectivity index (χ1v) is 8.37. The summed E-state index contributed by atoms with van der Waals surface area (Å²) in [6, 6.07) is 4.57. The summed E-state index contributed by atoms with van der Waals surface area (Å²) in [5, 5.41) is 7.32. The van der Waals surface area contributed by atoms with Crippen LogP contribution in [0.15, 0.2) is 29.3 Å². The van der Waals surface area contributed by atoms with Crippen LogP contribution in [-0.2, 0) is 10.0 Å². The van der Waals surface area contributed by atoms with E-state index in [1.165, 1.54) is 17.5 Å². The van der Waals surface area contributed by atoms with E-state index in [9.17, 15) is 8.42 Å². The average Bonchev–Trinajstić information content (AvgIpc) is 2.84. The van der Waals surface area contributed by atoms with E-state index in [0.29, 0.717) is 21.3 Å². The molecular weight excluding hydrogens is 333 g/mol. The van der Waals surface area contributed by atoms with Gasteiger partial charge in [0.1, 0.15) is 4.90 Å². The molecule has 0 spiro atoms. The van der Waals surface area contributed by atoms with E-state index >= 15 is 0 Å². The van der Waals surface area contributed by atoms with Crippen molar-refractivity contribution in [3.05, 3.63) is 45.7 Å². The van der Waals surface area contributed by atoms with E-state index in [2.05, 4.69) is 10.2 Å². The normalized spacial score (nSPS) is 13.6. The molecule has 8 heteroatoms. The van der Waals surface area contributed by atoms with Gasteiger partial charge in [-0.1, -0.05) is 29.3 Å². The highest BCUT2D eigenvalue weighted by atomic mass is 35.5. The third-order valence-electron chi connectivity index (χ3n) is 3.40. The third-order valence-corrected chi connectivity index (χ3v) is 6.00. The minimum atomic E-state index is -3.65. The molecule has 0 aliphatic carbocycles. The van der Waals surface area contributed by atoms with Gasteiger partial charge in [0.2, 0.25) is 10.0 Å². The van der Waals surface area contributed by atoms with Crippen LogP contribution in [0.25, 0.3) is 0 Å². The Bertz CT molecular complexity index is 759. The number of sulfonamides is 1. The van der Waals surface area contributed by atoms with Crippen molar-refractivity contribution in [1.82, 2.24) is 14.5 Å². The fourth-order valence-electron chi connectivity index (χ4n) is 2.00. The van der Waals surface area contributed by atoms with E-state index in [0.717, 1.165) is 0 Å². The molecule has 0 fully saturated rings. The number of H-pyrrole nitrogens is 1. The molecule has 21 heavy (non-hydrogen) atoms. The predicted molar refractivity (Wildman–Crippen MR) is 83.2 cm³/mol. The molecule has 0 saturated carbocycles. The Hall–Kier alpha value is -1.08. The molecular formula is C13H15Cl2N3O2S. The Kier molecular flexibility index (Phi) is 4.63. The minimum absolute atomic E-state index is 0.155. The van der Waals surface area contributed by atoms with Crippen molar-refractivity contribution in [1.29, 1.82) is 0 Å². The summed E-state index contributed by atoms with van der Waals surface area (Å²) in [5.41, 5.74) is 1.18. The summed E-state index contributed by atoms with van der Waals surface area (Å²) < 4.78 is 26.5. The van der Waals surface area contributed by atoms with Crippen LogP contribution >= 0.6 is 23.2 Å². The summed E-state index contributed by atoms with van der Waals surface area (Å²) in [7, 11) is -2.14. The van der Waals surface area contributed by atoms with Crippen LogP contribution in [0.3, 0.4) is 0 Å². The zero-order valence-electron chi connectivity index (χ0n) is 11.8. The number of hydrogen-bond acceptors (Lipinski definition) is 3. The van der Waals surface area contributed by atoms with Gasteiger partial charge >= 0.3 is 0 Å². The number of nitrogens with zero attached hydrogens (tertiary/aromatic N) is 2. The van der Waals surface area contributed by atoms with Crippen molar-refractivity contribution in [2.24, 2.45) is 0 Å². The fraction of sp³-hybridized carbons (Fsp3) is 0.308. The average molecular weight is 348 g/mol. The summed E-state index contributed by atoms with van der Waals surface area (Å²) >= 11 is 12.0. The largest absolute Gasteiger partial charge is 0.281 e. The van der Waals surface area contributed by atoms with Crippen LogP contribution in [-0.4, -0.2) is 30.0 Å². The molecule has 0 aliphatic heterocycles. The molecule has 1 unspecified atom stereocenters. The molecule has 2 aromatic rings. The van der Waals surface area contributed by atoms with Crippen molar-refractivity contribution in [2.45, 2.75) is 24.8 Å². The van der Waals surface area contributed by atoms with Gasteiger partial charge in [0.25, 0.3) is 0 Å². The number of aromatic nitrogens is 2. The summed E-state index contributed by atoms with van der Waals surface area (Å²) in [4.78, 5) is 0.155. The molecule has 1 aromatic heterocycles. The Morgan fingerprint density at radius 3 is 2.52 bits per heavy atom. The molecule has 0 aliphatic rings. The summed E-state index contributed by atoms with van der Waals surface area (Å²) in [6.07, 6.45) is 1.30. The SMILES string of the molecule is Cc1[nH]ncc1S(=O)(=O)N(C)C(C)c1ccc(Cl)cc1Cl. The number of nitrogens with one attached hydrogen (secondary N) is 1. The molecule has 1 aromatic carbocycles. The maximum Gasteiger partial charge on any atom is 0.246 e. The molecule has 1 atom stereocenters. The Labute approximate surface area is 133 Å². The standard InChI is InChI=1S/C13H15Cl2N3O2S/c1-8-13(7-16-17-8)21(19,20)18(3)9(2)11-5-4-10(14)6-12(11)15/h4-7,9H,1-3H3,(H,16,17). The van der Waals surface area contributed by atoms with E-state index < -0.39 is 16.1 Å². The van der Waals surface area contributed by atoms with Crippen molar-refractivity contribution < 1.29 is 8.42 Å². The number of hydrogen-bond donors (Lipinski definition) is 1. The van der Waals surface area contributed by atoms with Crippen molar-refractivity contribution >= 4 is 33.2 Å². The second-order valence-corrected chi connectivity index (χ2v) is 7.53. The predicted octanol–water partition coefficient (Wildman–Crippen LogP) is 3.41. The number of rotatable bonds is 4. The Morgan fingerprint density at radius 2 is 2.00 bits per heavy atom. The Balaban J connectivity index is 2.39. The summed E-state index contributed by atoms with van der Waals surface area (Å²) in [5.74, 6) is 0. The number of aryl methyl sites for hydroxylation is 1. The van der Waals surface area contributed by atoms with Crippen LogP contribution < -0.4 is 0 Å². The van der Waals surface area contributed by atoms with Crippen molar-refractivity contribution in [3.63, 3.8) is 0 Å². The van der Waals surface area contributed by atoms with Crippen LogP contribution in [0.2, 0.25) is 10.0 Å². The maximum atomic E-state index is 12.6. The highest BCUT2D eigenvalue weighted by Gasteiger charge is 2.29. The lowest BCUT2D eigenvalue weighted by atomic mass is 10.1. The van der Waals surface area contributed by atoms with Gasteiger partial charge in [-0.2, -0.15) is 9.40 Å². The van der Waals surface area contributed by atoms with Gasteiger partial charge in [-0.15, -0.1) is 0 Å². The first-order valence-electron chi connectivity index (χ1n) is 6.18. The van der Waals surface area contributed by atoms with Gasteiger partial charge in [0, 0.05) is 23.1 Å². The fourth-order valence-corrected chi connectivity index (χ4v) is 4.02. The monoisotopic (exact) mass is 347 g/mol. The van der Waals surface area contributed by atoms with E-state index in [-0.39, 0.29) is 4.90 Å². The third kappa shape index (κ3) is 3.08. The van der Waals surface area contributed by atoms with Crippen molar-refractivity contribution in [2.75, 3.05) is 7.05 Å². The van der Waals surface area contributed by atoms with Gasteiger partial charge in [-0.25, -0.2) is 8.42 Å². The quantitative estimate of drug-likeness (QED) is 0.921. The van der Waals surface area contributed by atoms with Crippen LogP contribution in [0, 0.1) is 6.92 Å². The maximum absolute atomic E-state index is 12.6. The second-order valence-electron chi connectivity index (χ2n) is 4.72. The lowest BCUT2D eigenvalue weighted by Crippen LogP contribution is -2.30. The van der Waals surface area contributed by atoms with E-state index in [1.54, 1.807) is 32.0 Å². The summed E-state index contributed by atoms with van der Waals surface area (Å²) in [6.45, 7) is 3.43. The van der Waals surface area contributed by atoms with Crippen LogP contribution in [0.4, 0.5) is 0 Å². The molecule has 0 amide bonds. The number of aromatic amines is 1. The van der Waals surface area contributed by atoms with E-state index in [4.69, 9.17) is 23.2 Å². The lowest BCUT2D eigenvalue weighted by molar-refractivity contribution is 0.398. The Morgan fingerprint density at radius 1 is 1.33 bits per heavy atom. The zero-order valence-corrected chi connectivity index (χ0v) is 14.1. The first-order chi connectivity index (χ1) is 9.75. The van der Waals surface area contributed by atoms with E-state index in [1.807, 2.05) is 0 Å². The van der Waals surface area contributed by atoms with Gasteiger partial charge in [0.15, 0.2) is 0 Å². The van der Waals surface area contributed by atoms with Crippen LogP contribution in [0.1, 0.15) is 24.2 Å². The number of halogens is 2. The highest BCUT2D eigenvalue weighted by Crippen LogP contribution is 2.32. The molecule has 1 N–H and O–H groups in total.